The predicted molar refractivity (Wildman–Crippen MR) is 106 cm³/mol. The van der Waals surface area contributed by atoms with Gasteiger partial charge in [-0.25, -0.2) is 0 Å². The molecule has 0 aliphatic rings. The molecule has 5 heteroatoms. The fraction of sp³-hybridized carbons (Fsp3) is 0.143. The van der Waals surface area contributed by atoms with Crippen molar-refractivity contribution >= 4 is 34.5 Å². The van der Waals surface area contributed by atoms with Gasteiger partial charge < -0.3 is 10.3 Å². The van der Waals surface area contributed by atoms with E-state index >= 15 is 0 Å². The number of benzene rings is 2. The third-order valence-electron chi connectivity index (χ3n) is 4.12. The van der Waals surface area contributed by atoms with Crippen LogP contribution in [0.4, 0.5) is 0 Å². The van der Waals surface area contributed by atoms with Crippen molar-refractivity contribution in [1.82, 2.24) is 10.3 Å². The number of rotatable bonds is 5. The van der Waals surface area contributed by atoms with Gasteiger partial charge in [0.25, 0.3) is 5.56 Å². The highest BCUT2D eigenvalue weighted by atomic mass is 35.5. The average Bonchev–Trinajstić information content (AvgIpc) is 2.63. The standard InChI is InChI=1S/C21H19ClN2O2/c1-14(12-15-6-8-18(22)9-7-15)20(25)23-11-10-17-13-16-4-2-3-5-19(16)24-21(17)26/h2-9,12-13H,10-11H2,1H3,(H,23,25)(H,24,26)/b14-12+. The molecule has 1 amide bonds. The van der Waals surface area contributed by atoms with Gasteiger partial charge in [-0.3, -0.25) is 9.59 Å². The maximum atomic E-state index is 12.2. The Labute approximate surface area is 156 Å². The predicted octanol–water partition coefficient (Wildman–Crippen LogP) is 3.94. The SMILES string of the molecule is C/C(=C\c1ccc(Cl)cc1)C(=O)NCCc1cc2ccccc2[nH]c1=O. The Morgan fingerprint density at radius 2 is 1.88 bits per heavy atom. The molecule has 0 bridgehead atoms. The molecule has 4 nitrogen and oxygen atoms in total. The Morgan fingerprint density at radius 3 is 2.65 bits per heavy atom. The fourth-order valence-electron chi connectivity index (χ4n) is 2.70. The molecule has 0 unspecified atom stereocenters. The van der Waals surface area contributed by atoms with E-state index in [9.17, 15) is 9.59 Å². The lowest BCUT2D eigenvalue weighted by atomic mass is 10.1. The molecule has 1 aromatic heterocycles. The first-order valence-electron chi connectivity index (χ1n) is 8.36. The molecule has 0 aliphatic carbocycles. The molecule has 132 valence electrons. The minimum Gasteiger partial charge on any atom is -0.352 e. The monoisotopic (exact) mass is 366 g/mol. The summed E-state index contributed by atoms with van der Waals surface area (Å²) >= 11 is 5.86. The Kier molecular flexibility index (Phi) is 5.54. The number of amides is 1. The average molecular weight is 367 g/mol. The number of fused-ring (bicyclic) bond motifs is 1. The first kappa shape index (κ1) is 18.0. The van der Waals surface area contributed by atoms with Crippen LogP contribution in [0.5, 0.6) is 0 Å². The largest absolute Gasteiger partial charge is 0.352 e. The van der Waals surface area contributed by atoms with Gasteiger partial charge in [-0.1, -0.05) is 41.9 Å². The molecule has 2 aromatic carbocycles. The lowest BCUT2D eigenvalue weighted by Gasteiger charge is -2.07. The van der Waals surface area contributed by atoms with Crippen molar-refractivity contribution in [3.8, 4) is 0 Å². The topological polar surface area (TPSA) is 62.0 Å². The third-order valence-corrected chi connectivity index (χ3v) is 4.37. The highest BCUT2D eigenvalue weighted by Gasteiger charge is 2.06. The van der Waals surface area contributed by atoms with Crippen LogP contribution in [0.25, 0.3) is 17.0 Å². The van der Waals surface area contributed by atoms with E-state index < -0.39 is 0 Å². The first-order chi connectivity index (χ1) is 12.5. The molecule has 0 saturated heterocycles. The maximum absolute atomic E-state index is 12.2. The van der Waals surface area contributed by atoms with Crippen LogP contribution in [0.1, 0.15) is 18.1 Å². The lowest BCUT2D eigenvalue weighted by molar-refractivity contribution is -0.117. The second-order valence-corrected chi connectivity index (χ2v) is 6.53. The fourth-order valence-corrected chi connectivity index (χ4v) is 2.83. The van der Waals surface area contributed by atoms with Crippen LogP contribution in [0, 0.1) is 0 Å². The molecule has 3 aromatic rings. The van der Waals surface area contributed by atoms with E-state index in [1.54, 1.807) is 25.1 Å². The number of carbonyl (C=O) groups is 1. The van der Waals surface area contributed by atoms with Gasteiger partial charge in [0.05, 0.1) is 0 Å². The summed E-state index contributed by atoms with van der Waals surface area (Å²) in [6.07, 6.45) is 2.27. The van der Waals surface area contributed by atoms with Gasteiger partial charge in [-0.05, 0) is 54.6 Å². The molecule has 0 spiro atoms. The number of para-hydroxylation sites is 1. The minimum atomic E-state index is -0.155. The molecule has 26 heavy (non-hydrogen) atoms. The number of hydrogen-bond acceptors (Lipinski definition) is 2. The van der Waals surface area contributed by atoms with Gasteiger partial charge in [0.2, 0.25) is 5.91 Å². The summed E-state index contributed by atoms with van der Waals surface area (Å²) in [5, 5.41) is 4.49. The van der Waals surface area contributed by atoms with E-state index in [1.165, 1.54) is 0 Å². The smallest absolute Gasteiger partial charge is 0.251 e. The van der Waals surface area contributed by atoms with Crippen LogP contribution in [0.2, 0.25) is 5.02 Å². The second kappa shape index (κ2) is 8.02. The van der Waals surface area contributed by atoms with Crippen molar-refractivity contribution in [2.24, 2.45) is 0 Å². The second-order valence-electron chi connectivity index (χ2n) is 6.10. The number of H-pyrrole nitrogens is 1. The van der Waals surface area contributed by atoms with Gasteiger partial charge in [0, 0.05) is 28.2 Å². The molecule has 0 fully saturated rings. The number of halogens is 1. The first-order valence-corrected chi connectivity index (χ1v) is 8.74. The van der Waals surface area contributed by atoms with Crippen LogP contribution in [0.15, 0.2) is 65.0 Å². The molecule has 0 atom stereocenters. The molecular weight excluding hydrogens is 348 g/mol. The normalized spacial score (nSPS) is 11.5. The number of hydrogen-bond donors (Lipinski definition) is 2. The van der Waals surface area contributed by atoms with E-state index in [2.05, 4.69) is 10.3 Å². The summed E-state index contributed by atoms with van der Waals surface area (Å²) in [7, 11) is 0. The van der Waals surface area contributed by atoms with Gasteiger partial charge in [-0.2, -0.15) is 0 Å². The van der Waals surface area contributed by atoms with Crippen LogP contribution in [-0.2, 0) is 11.2 Å². The summed E-state index contributed by atoms with van der Waals surface area (Å²) in [6.45, 7) is 2.15. The maximum Gasteiger partial charge on any atom is 0.251 e. The zero-order valence-electron chi connectivity index (χ0n) is 14.4. The van der Waals surface area contributed by atoms with Crippen molar-refractivity contribution in [3.05, 3.63) is 86.7 Å². The van der Waals surface area contributed by atoms with Crippen molar-refractivity contribution in [3.63, 3.8) is 0 Å². The minimum absolute atomic E-state index is 0.119. The number of pyridine rings is 1. The molecule has 1 heterocycles. The number of nitrogens with one attached hydrogen (secondary N) is 2. The van der Waals surface area contributed by atoms with Gasteiger partial charge >= 0.3 is 0 Å². The summed E-state index contributed by atoms with van der Waals surface area (Å²) in [5.41, 5.74) is 2.86. The van der Waals surface area contributed by atoms with E-state index in [1.807, 2.05) is 42.5 Å². The Morgan fingerprint density at radius 1 is 1.15 bits per heavy atom. The molecular formula is C21H19ClN2O2. The summed E-state index contributed by atoms with van der Waals surface area (Å²) in [5.74, 6) is -0.155. The van der Waals surface area contributed by atoms with Crippen molar-refractivity contribution < 1.29 is 4.79 Å². The molecule has 0 aliphatic heterocycles. The quantitative estimate of drug-likeness (QED) is 0.672. The van der Waals surface area contributed by atoms with Gasteiger partial charge in [-0.15, -0.1) is 0 Å². The van der Waals surface area contributed by atoms with E-state index in [4.69, 9.17) is 11.6 Å². The van der Waals surface area contributed by atoms with Crippen LogP contribution in [-0.4, -0.2) is 17.4 Å². The number of aromatic nitrogens is 1. The zero-order chi connectivity index (χ0) is 18.5. The highest BCUT2D eigenvalue weighted by Crippen LogP contribution is 2.13. The zero-order valence-corrected chi connectivity index (χ0v) is 15.1. The molecule has 0 radical (unpaired) electrons. The molecule has 3 rings (SSSR count). The van der Waals surface area contributed by atoms with E-state index in [0.717, 1.165) is 16.5 Å². The lowest BCUT2D eigenvalue weighted by Crippen LogP contribution is -2.28. The van der Waals surface area contributed by atoms with Crippen molar-refractivity contribution in [2.45, 2.75) is 13.3 Å². The third kappa shape index (κ3) is 4.41. The van der Waals surface area contributed by atoms with Crippen LogP contribution in [0.3, 0.4) is 0 Å². The van der Waals surface area contributed by atoms with Crippen molar-refractivity contribution in [2.75, 3.05) is 6.54 Å². The Hall–Kier alpha value is -2.85. The highest BCUT2D eigenvalue weighted by molar-refractivity contribution is 6.30. The van der Waals surface area contributed by atoms with E-state index in [0.29, 0.717) is 29.1 Å². The van der Waals surface area contributed by atoms with Crippen molar-refractivity contribution in [1.29, 1.82) is 0 Å². The molecule has 0 saturated carbocycles. The van der Waals surface area contributed by atoms with Crippen LogP contribution >= 0.6 is 11.6 Å². The van der Waals surface area contributed by atoms with Gasteiger partial charge in [0.15, 0.2) is 0 Å². The van der Waals surface area contributed by atoms with Crippen LogP contribution < -0.4 is 10.9 Å². The summed E-state index contributed by atoms with van der Waals surface area (Å²) < 4.78 is 0. The molecule has 2 N–H and O–H groups in total. The number of carbonyl (C=O) groups excluding carboxylic acids is 1. The van der Waals surface area contributed by atoms with Gasteiger partial charge in [0.1, 0.15) is 0 Å². The summed E-state index contributed by atoms with van der Waals surface area (Å²) in [4.78, 5) is 27.2. The Bertz CT molecular complexity index is 1020. The van der Waals surface area contributed by atoms with E-state index in [-0.39, 0.29) is 11.5 Å². The number of aromatic amines is 1. The summed E-state index contributed by atoms with van der Waals surface area (Å²) in [6, 6.07) is 16.8. The Balaban J connectivity index is 1.62.